The third kappa shape index (κ3) is 9.27. The summed E-state index contributed by atoms with van der Waals surface area (Å²) in [6.45, 7) is 29.2. The van der Waals surface area contributed by atoms with E-state index in [0.29, 0.717) is 12.1 Å². The van der Waals surface area contributed by atoms with E-state index in [9.17, 15) is 0 Å². The number of aryl methyl sites for hydroxylation is 1. The molecule has 1 aliphatic rings. The molecule has 0 aliphatic carbocycles. The molecule has 0 amide bonds. The van der Waals surface area contributed by atoms with E-state index in [4.69, 9.17) is 8.85 Å². The highest BCUT2D eigenvalue weighted by Crippen LogP contribution is 2.40. The van der Waals surface area contributed by atoms with Gasteiger partial charge in [-0.2, -0.15) is 0 Å². The van der Waals surface area contributed by atoms with Gasteiger partial charge in [0, 0.05) is 48.5 Å². The number of hydrogen-bond acceptors (Lipinski definition) is 4. The third-order valence-electron chi connectivity index (χ3n) is 9.42. The van der Waals surface area contributed by atoms with E-state index in [-0.39, 0.29) is 10.1 Å². The Labute approximate surface area is 256 Å². The molecule has 1 N–H and O–H groups in total. The molecule has 0 radical (unpaired) electrons. The van der Waals surface area contributed by atoms with E-state index in [1.807, 2.05) is 0 Å². The molecule has 0 aromatic heterocycles. The van der Waals surface area contributed by atoms with Crippen LogP contribution in [0.25, 0.3) is 0 Å². The van der Waals surface area contributed by atoms with Gasteiger partial charge in [0.1, 0.15) is 0 Å². The van der Waals surface area contributed by atoms with Crippen molar-refractivity contribution < 1.29 is 8.85 Å². The van der Waals surface area contributed by atoms with Crippen molar-refractivity contribution in [2.75, 3.05) is 18.5 Å². The van der Waals surface area contributed by atoms with Crippen LogP contribution in [-0.2, 0) is 21.9 Å². The standard InChI is InChI=1S/C33H55BrN2O2Si2/c1-25-17-28(34)20-29(18-25)35-22-26-13-12-14-27(19-26)23-36-16-15-31(38-40(10,11)33(5,6)7)21-30(36)24-37-39(8,9)32(2,3)4/h12-14,17-20,30-31,35H,15-16,21-24H2,1-11H3/t30-,31?/m0/s1. The molecule has 1 aliphatic heterocycles. The van der Waals surface area contributed by atoms with Gasteiger partial charge in [-0.3, -0.25) is 4.90 Å². The number of hydrogen-bond donors (Lipinski definition) is 1. The minimum Gasteiger partial charge on any atom is -0.415 e. The van der Waals surface area contributed by atoms with E-state index >= 15 is 0 Å². The first kappa shape index (κ1) is 33.5. The first-order valence-electron chi connectivity index (χ1n) is 15.0. The van der Waals surface area contributed by atoms with Crippen LogP contribution in [0.5, 0.6) is 0 Å². The van der Waals surface area contributed by atoms with Crippen molar-refractivity contribution in [3.05, 3.63) is 63.6 Å². The summed E-state index contributed by atoms with van der Waals surface area (Å²) in [7, 11) is -3.66. The fourth-order valence-corrected chi connectivity index (χ4v) is 7.83. The molecule has 2 aromatic carbocycles. The van der Waals surface area contributed by atoms with E-state index < -0.39 is 16.6 Å². The summed E-state index contributed by atoms with van der Waals surface area (Å²) in [5, 5.41) is 4.03. The molecule has 0 spiro atoms. The topological polar surface area (TPSA) is 33.7 Å². The monoisotopic (exact) mass is 646 g/mol. The van der Waals surface area contributed by atoms with Gasteiger partial charge in [-0.1, -0.05) is 81.7 Å². The Morgan fingerprint density at radius 1 is 0.925 bits per heavy atom. The second-order valence-corrected chi connectivity index (χ2v) is 25.4. The van der Waals surface area contributed by atoms with Gasteiger partial charge < -0.3 is 14.2 Å². The molecule has 2 atom stereocenters. The van der Waals surface area contributed by atoms with Gasteiger partial charge in [0.15, 0.2) is 16.6 Å². The second-order valence-electron chi connectivity index (χ2n) is 14.9. The van der Waals surface area contributed by atoms with E-state index in [2.05, 4.69) is 143 Å². The van der Waals surface area contributed by atoms with Gasteiger partial charge >= 0.3 is 0 Å². The largest absolute Gasteiger partial charge is 0.415 e. The highest BCUT2D eigenvalue weighted by molar-refractivity contribution is 9.10. The minimum atomic E-state index is -1.84. The minimum absolute atomic E-state index is 0.206. The number of rotatable bonds is 10. The Hall–Kier alpha value is -0.966. The molecule has 4 nitrogen and oxygen atoms in total. The number of benzene rings is 2. The highest BCUT2D eigenvalue weighted by atomic mass is 79.9. The number of likely N-dealkylation sites (tertiary alicyclic amines) is 1. The fourth-order valence-electron chi connectivity index (χ4n) is 4.78. The summed E-state index contributed by atoms with van der Waals surface area (Å²) in [6, 6.07) is 15.9. The zero-order chi connectivity index (χ0) is 29.9. The Morgan fingerprint density at radius 3 is 2.20 bits per heavy atom. The van der Waals surface area contributed by atoms with Gasteiger partial charge in [0.2, 0.25) is 0 Å². The maximum Gasteiger partial charge on any atom is 0.192 e. The summed E-state index contributed by atoms with van der Waals surface area (Å²) in [6.07, 6.45) is 2.45. The van der Waals surface area contributed by atoms with Crippen molar-refractivity contribution in [3.8, 4) is 0 Å². The molecule has 1 heterocycles. The number of piperidine rings is 1. The van der Waals surface area contributed by atoms with Gasteiger partial charge in [-0.25, -0.2) is 0 Å². The van der Waals surface area contributed by atoms with E-state index in [0.717, 1.165) is 49.2 Å². The molecule has 2 aromatic rings. The predicted molar refractivity (Wildman–Crippen MR) is 181 cm³/mol. The molecule has 7 heteroatoms. The van der Waals surface area contributed by atoms with Gasteiger partial charge in [-0.05, 0) is 90.9 Å². The smallest absolute Gasteiger partial charge is 0.192 e. The maximum atomic E-state index is 6.94. The average Bonchev–Trinajstić information content (AvgIpc) is 2.81. The Kier molecular flexibility index (Phi) is 11.0. The van der Waals surface area contributed by atoms with Crippen LogP contribution in [-0.4, -0.2) is 46.8 Å². The number of halogens is 1. The summed E-state index contributed by atoms with van der Waals surface area (Å²) in [4.78, 5) is 2.66. The van der Waals surface area contributed by atoms with Crippen molar-refractivity contribution >= 4 is 38.3 Å². The lowest BCUT2D eigenvalue weighted by molar-refractivity contribution is 0.0204. The number of nitrogens with zero attached hydrogens (tertiary/aromatic N) is 1. The van der Waals surface area contributed by atoms with Gasteiger partial charge in [0.05, 0.1) is 0 Å². The first-order chi connectivity index (χ1) is 18.4. The molecule has 224 valence electrons. The van der Waals surface area contributed by atoms with Crippen molar-refractivity contribution in [2.24, 2.45) is 0 Å². The zero-order valence-electron chi connectivity index (χ0n) is 27.1. The van der Waals surface area contributed by atoms with Gasteiger partial charge in [-0.15, -0.1) is 0 Å². The maximum absolute atomic E-state index is 6.94. The molecular formula is C33H55BrN2O2Si2. The Morgan fingerprint density at radius 2 is 1.57 bits per heavy atom. The molecule has 3 rings (SSSR count). The lowest BCUT2D eigenvalue weighted by Gasteiger charge is -2.46. The SMILES string of the molecule is Cc1cc(Br)cc(NCc2cccc(CN3CCC(O[Si](C)(C)C(C)(C)C)C[C@H]3CO[Si](C)(C)C(C)(C)C)c2)c1. The van der Waals surface area contributed by atoms with Crippen LogP contribution in [0.1, 0.15) is 71.1 Å². The van der Waals surface area contributed by atoms with Crippen LogP contribution >= 0.6 is 15.9 Å². The molecule has 40 heavy (non-hydrogen) atoms. The summed E-state index contributed by atoms with van der Waals surface area (Å²) in [5.74, 6) is 0. The molecule has 1 fully saturated rings. The van der Waals surface area contributed by atoms with Crippen LogP contribution in [0, 0.1) is 6.92 Å². The van der Waals surface area contributed by atoms with E-state index in [1.165, 1.54) is 16.7 Å². The van der Waals surface area contributed by atoms with Crippen molar-refractivity contribution in [1.29, 1.82) is 0 Å². The molecule has 1 unspecified atom stereocenters. The molecule has 1 saturated heterocycles. The van der Waals surface area contributed by atoms with Crippen molar-refractivity contribution in [3.63, 3.8) is 0 Å². The predicted octanol–water partition coefficient (Wildman–Crippen LogP) is 9.75. The number of nitrogens with one attached hydrogen (secondary N) is 1. The highest BCUT2D eigenvalue weighted by Gasteiger charge is 2.42. The lowest BCUT2D eigenvalue weighted by Crippen LogP contribution is -2.53. The zero-order valence-corrected chi connectivity index (χ0v) is 30.7. The van der Waals surface area contributed by atoms with Crippen molar-refractivity contribution in [1.82, 2.24) is 4.90 Å². The van der Waals surface area contributed by atoms with Crippen molar-refractivity contribution in [2.45, 2.75) is 123 Å². The van der Waals surface area contributed by atoms with E-state index in [1.54, 1.807) is 0 Å². The quantitative estimate of drug-likeness (QED) is 0.260. The molecule has 0 bridgehead atoms. The van der Waals surface area contributed by atoms with Crippen LogP contribution in [0.4, 0.5) is 5.69 Å². The lowest BCUT2D eigenvalue weighted by atomic mass is 9.99. The van der Waals surface area contributed by atoms with Crippen LogP contribution < -0.4 is 5.32 Å². The van der Waals surface area contributed by atoms with Gasteiger partial charge in [0.25, 0.3) is 0 Å². The van der Waals surface area contributed by atoms with Crippen LogP contribution in [0.2, 0.25) is 36.3 Å². The average molecular weight is 648 g/mol. The van der Waals surface area contributed by atoms with Crippen LogP contribution in [0.15, 0.2) is 46.9 Å². The summed E-state index contributed by atoms with van der Waals surface area (Å²) in [5.41, 5.74) is 5.06. The molecule has 0 saturated carbocycles. The number of anilines is 1. The summed E-state index contributed by atoms with van der Waals surface area (Å²) < 4.78 is 14.9. The Bertz CT molecular complexity index is 1100. The van der Waals surface area contributed by atoms with Crippen LogP contribution in [0.3, 0.4) is 0 Å². The fraction of sp³-hybridized carbons (Fsp3) is 0.636. The molecular weight excluding hydrogens is 592 g/mol. The Balaban J connectivity index is 1.72. The third-order valence-corrected chi connectivity index (χ3v) is 18.9. The summed E-state index contributed by atoms with van der Waals surface area (Å²) >= 11 is 3.62. The second kappa shape index (κ2) is 13.1. The normalized spacial score (nSPS) is 19.6. The first-order valence-corrected chi connectivity index (χ1v) is 21.6.